The average Bonchev–Trinajstić information content (AvgIpc) is 2.93. The van der Waals surface area contributed by atoms with Crippen LogP contribution in [0.2, 0.25) is 0 Å². The molecule has 1 N–H and O–H groups in total. The van der Waals surface area contributed by atoms with Gasteiger partial charge in [0.2, 0.25) is 0 Å². The summed E-state index contributed by atoms with van der Waals surface area (Å²) in [5.74, 6) is 1.16. The molecule has 2 heterocycles. The highest BCUT2D eigenvalue weighted by molar-refractivity contribution is 5.87. The Morgan fingerprint density at radius 3 is 2.81 bits per heavy atom. The SMILES string of the molecule is CCCC1(C(=O)Cc2ncc(C)c(OC)c2C)CCNC1. The van der Waals surface area contributed by atoms with E-state index in [2.05, 4.69) is 17.2 Å². The van der Waals surface area contributed by atoms with Crippen LogP contribution in [-0.4, -0.2) is 31.0 Å². The van der Waals surface area contributed by atoms with Crippen LogP contribution >= 0.6 is 0 Å². The van der Waals surface area contributed by atoms with Crippen molar-refractivity contribution in [1.29, 1.82) is 0 Å². The van der Waals surface area contributed by atoms with Crippen LogP contribution in [0.5, 0.6) is 5.75 Å². The van der Waals surface area contributed by atoms with Crippen molar-refractivity contribution >= 4 is 5.78 Å². The van der Waals surface area contributed by atoms with E-state index in [1.807, 2.05) is 13.8 Å². The fraction of sp³-hybridized carbons (Fsp3) is 0.647. The van der Waals surface area contributed by atoms with Crippen molar-refractivity contribution in [1.82, 2.24) is 10.3 Å². The summed E-state index contributed by atoms with van der Waals surface area (Å²) < 4.78 is 5.43. The van der Waals surface area contributed by atoms with Gasteiger partial charge in [0.15, 0.2) is 0 Å². The van der Waals surface area contributed by atoms with Gasteiger partial charge >= 0.3 is 0 Å². The van der Waals surface area contributed by atoms with Crippen LogP contribution in [0.15, 0.2) is 6.20 Å². The quantitative estimate of drug-likeness (QED) is 0.875. The number of pyridine rings is 1. The number of hydrogen-bond acceptors (Lipinski definition) is 4. The zero-order valence-electron chi connectivity index (χ0n) is 13.6. The summed E-state index contributed by atoms with van der Waals surface area (Å²) in [6, 6.07) is 0. The number of nitrogens with one attached hydrogen (secondary N) is 1. The first-order chi connectivity index (χ1) is 10.0. The minimum atomic E-state index is -0.193. The minimum Gasteiger partial charge on any atom is -0.496 e. The lowest BCUT2D eigenvalue weighted by Crippen LogP contribution is -2.35. The molecule has 116 valence electrons. The molecule has 1 saturated heterocycles. The van der Waals surface area contributed by atoms with Crippen molar-refractivity contribution in [2.75, 3.05) is 20.2 Å². The zero-order valence-corrected chi connectivity index (χ0v) is 13.6. The highest BCUT2D eigenvalue weighted by atomic mass is 16.5. The largest absolute Gasteiger partial charge is 0.496 e. The lowest BCUT2D eigenvalue weighted by Gasteiger charge is -2.26. The predicted molar refractivity (Wildman–Crippen MR) is 83.8 cm³/mol. The average molecular weight is 290 g/mol. The molecule has 4 heteroatoms. The Morgan fingerprint density at radius 1 is 1.48 bits per heavy atom. The maximum atomic E-state index is 12.8. The minimum absolute atomic E-state index is 0.193. The summed E-state index contributed by atoms with van der Waals surface area (Å²) in [5, 5.41) is 3.35. The van der Waals surface area contributed by atoms with E-state index in [0.29, 0.717) is 12.2 Å². The van der Waals surface area contributed by atoms with Gasteiger partial charge in [-0.3, -0.25) is 9.78 Å². The van der Waals surface area contributed by atoms with Crippen LogP contribution in [0.4, 0.5) is 0 Å². The van der Waals surface area contributed by atoms with Gasteiger partial charge in [0.1, 0.15) is 11.5 Å². The van der Waals surface area contributed by atoms with Crippen molar-refractivity contribution in [2.45, 2.75) is 46.5 Å². The lowest BCUT2D eigenvalue weighted by molar-refractivity contribution is -0.127. The Kier molecular flexibility index (Phi) is 4.99. The normalized spacial score (nSPS) is 21.5. The van der Waals surface area contributed by atoms with Crippen molar-refractivity contribution in [2.24, 2.45) is 5.41 Å². The van der Waals surface area contributed by atoms with Gasteiger partial charge in [0.25, 0.3) is 0 Å². The van der Waals surface area contributed by atoms with Crippen LogP contribution in [0, 0.1) is 19.3 Å². The number of aryl methyl sites for hydroxylation is 1. The highest BCUT2D eigenvalue weighted by Gasteiger charge is 2.39. The first kappa shape index (κ1) is 16.0. The third-order valence-electron chi connectivity index (χ3n) is 4.64. The molecule has 1 unspecified atom stereocenters. The first-order valence-corrected chi connectivity index (χ1v) is 7.77. The third-order valence-corrected chi connectivity index (χ3v) is 4.64. The fourth-order valence-corrected chi connectivity index (χ4v) is 3.40. The number of carbonyl (C=O) groups is 1. The summed E-state index contributed by atoms with van der Waals surface area (Å²) in [4.78, 5) is 17.3. The van der Waals surface area contributed by atoms with E-state index < -0.39 is 0 Å². The van der Waals surface area contributed by atoms with Gasteiger partial charge in [-0.05, 0) is 33.2 Å². The van der Waals surface area contributed by atoms with Crippen molar-refractivity contribution in [3.63, 3.8) is 0 Å². The van der Waals surface area contributed by atoms with E-state index in [-0.39, 0.29) is 5.41 Å². The molecule has 2 rings (SSSR count). The summed E-state index contributed by atoms with van der Waals surface area (Å²) in [5.41, 5.74) is 2.66. The van der Waals surface area contributed by atoms with Gasteiger partial charge in [-0.25, -0.2) is 0 Å². The van der Waals surface area contributed by atoms with Gasteiger partial charge < -0.3 is 10.1 Å². The molecule has 0 aromatic carbocycles. The number of methoxy groups -OCH3 is 1. The van der Waals surface area contributed by atoms with Crippen molar-refractivity contribution in [3.05, 3.63) is 23.0 Å². The topological polar surface area (TPSA) is 51.2 Å². The fourth-order valence-electron chi connectivity index (χ4n) is 3.40. The third kappa shape index (κ3) is 3.10. The van der Waals surface area contributed by atoms with Crippen LogP contribution < -0.4 is 10.1 Å². The van der Waals surface area contributed by atoms with E-state index in [4.69, 9.17) is 4.74 Å². The van der Waals surface area contributed by atoms with Crippen LogP contribution in [-0.2, 0) is 11.2 Å². The van der Waals surface area contributed by atoms with Crippen LogP contribution in [0.25, 0.3) is 0 Å². The second-order valence-electron chi connectivity index (χ2n) is 6.10. The first-order valence-electron chi connectivity index (χ1n) is 7.77. The van der Waals surface area contributed by atoms with Gasteiger partial charge in [0.05, 0.1) is 12.8 Å². The molecule has 0 spiro atoms. The molecule has 0 saturated carbocycles. The Bertz CT molecular complexity index is 520. The smallest absolute Gasteiger partial charge is 0.146 e. The molecule has 4 nitrogen and oxygen atoms in total. The second kappa shape index (κ2) is 6.56. The molecule has 0 radical (unpaired) electrons. The van der Waals surface area contributed by atoms with Gasteiger partial charge in [-0.1, -0.05) is 13.3 Å². The molecule has 0 aliphatic carbocycles. The number of aromatic nitrogens is 1. The standard InChI is InChI=1S/C17H26N2O2/c1-5-6-17(7-8-18-11-17)15(20)9-14-13(3)16(21-4)12(2)10-19-14/h10,18H,5-9,11H2,1-4H3. The number of ketones is 1. The van der Waals surface area contributed by atoms with E-state index in [9.17, 15) is 4.79 Å². The number of nitrogens with zero attached hydrogens (tertiary/aromatic N) is 1. The summed E-state index contributed by atoms with van der Waals surface area (Å²) >= 11 is 0. The molecular formula is C17H26N2O2. The number of rotatable bonds is 6. The number of hydrogen-bond donors (Lipinski definition) is 1. The molecule has 1 aromatic rings. The molecule has 0 amide bonds. The molecule has 1 aliphatic rings. The molecule has 0 bridgehead atoms. The second-order valence-corrected chi connectivity index (χ2v) is 6.10. The van der Waals surface area contributed by atoms with Crippen molar-refractivity contribution in [3.8, 4) is 5.75 Å². The highest BCUT2D eigenvalue weighted by Crippen LogP contribution is 2.34. The molecule has 1 aromatic heterocycles. The molecule has 1 fully saturated rings. The number of ether oxygens (including phenoxy) is 1. The van der Waals surface area contributed by atoms with E-state index in [1.54, 1.807) is 13.3 Å². The lowest BCUT2D eigenvalue weighted by atomic mass is 9.76. The summed E-state index contributed by atoms with van der Waals surface area (Å²) in [7, 11) is 1.67. The van der Waals surface area contributed by atoms with Crippen LogP contribution in [0.1, 0.15) is 43.0 Å². The number of carbonyl (C=O) groups excluding carboxylic acids is 1. The Hall–Kier alpha value is -1.42. The Morgan fingerprint density at radius 2 is 2.24 bits per heavy atom. The van der Waals surface area contributed by atoms with Crippen molar-refractivity contribution < 1.29 is 9.53 Å². The Labute approximate surface area is 127 Å². The summed E-state index contributed by atoms with van der Waals surface area (Å²) in [6.45, 7) is 7.85. The van der Waals surface area contributed by atoms with Gasteiger partial charge in [-0.15, -0.1) is 0 Å². The predicted octanol–water partition coefficient (Wildman–Crippen LogP) is 2.60. The van der Waals surface area contributed by atoms with Gasteiger partial charge in [-0.2, -0.15) is 0 Å². The molecule has 1 atom stereocenters. The zero-order chi connectivity index (χ0) is 15.5. The van der Waals surface area contributed by atoms with E-state index >= 15 is 0 Å². The maximum absolute atomic E-state index is 12.8. The maximum Gasteiger partial charge on any atom is 0.146 e. The van der Waals surface area contributed by atoms with E-state index in [0.717, 1.165) is 54.9 Å². The van der Waals surface area contributed by atoms with Gasteiger partial charge in [0, 0.05) is 35.7 Å². The summed E-state index contributed by atoms with van der Waals surface area (Å²) in [6.07, 6.45) is 5.15. The molecular weight excluding hydrogens is 264 g/mol. The van der Waals surface area contributed by atoms with Crippen LogP contribution in [0.3, 0.4) is 0 Å². The Balaban J connectivity index is 2.23. The monoisotopic (exact) mass is 290 g/mol. The molecule has 1 aliphatic heterocycles. The molecule has 21 heavy (non-hydrogen) atoms. The van der Waals surface area contributed by atoms with E-state index in [1.165, 1.54) is 0 Å². The number of Topliss-reactive ketones (excluding diaryl/α,β-unsaturated/α-hetero) is 1.